The molecule has 3 rings (SSSR count). The number of amides is 1. The van der Waals surface area contributed by atoms with Gasteiger partial charge in [0.15, 0.2) is 0 Å². The Bertz CT molecular complexity index is 910. The number of hydrogen-bond acceptors (Lipinski definition) is 6. The summed E-state index contributed by atoms with van der Waals surface area (Å²) >= 11 is 1.29. The lowest BCUT2D eigenvalue weighted by Crippen LogP contribution is -2.23. The van der Waals surface area contributed by atoms with Gasteiger partial charge in [0.1, 0.15) is 11.4 Å². The number of carbonyl (C=O) groups excluding carboxylic acids is 1. The molecular weight excluding hydrogens is 362 g/mol. The fourth-order valence-corrected chi connectivity index (χ4v) is 3.21. The van der Waals surface area contributed by atoms with E-state index in [-0.39, 0.29) is 11.2 Å². The highest BCUT2D eigenvalue weighted by atomic mass is 32.2. The molecule has 0 saturated heterocycles. The first-order valence-electron chi connectivity index (χ1n) is 8.63. The van der Waals surface area contributed by atoms with Crippen molar-refractivity contribution < 1.29 is 9.53 Å². The zero-order valence-electron chi connectivity index (χ0n) is 15.4. The molecule has 2 aromatic carbocycles. The fraction of sp³-hybridized carbons (Fsp3) is 0.263. The van der Waals surface area contributed by atoms with Crippen molar-refractivity contribution in [1.82, 2.24) is 20.2 Å². The summed E-state index contributed by atoms with van der Waals surface area (Å²) in [6, 6.07) is 15.2. The number of benzene rings is 2. The Morgan fingerprint density at radius 3 is 2.70 bits per heavy atom. The number of para-hydroxylation sites is 2. The normalized spacial score (nSPS) is 11.8. The molecule has 0 aliphatic heterocycles. The van der Waals surface area contributed by atoms with E-state index in [1.807, 2.05) is 69.3 Å². The molecule has 0 aliphatic carbocycles. The fourth-order valence-electron chi connectivity index (χ4n) is 2.41. The Balaban J connectivity index is 1.74. The summed E-state index contributed by atoms with van der Waals surface area (Å²) in [7, 11) is 0. The van der Waals surface area contributed by atoms with E-state index in [1.54, 1.807) is 4.68 Å². The zero-order chi connectivity index (χ0) is 19.2. The molecule has 140 valence electrons. The van der Waals surface area contributed by atoms with Crippen LogP contribution >= 0.6 is 11.8 Å². The minimum absolute atomic E-state index is 0.114. The second-order valence-corrected chi connectivity index (χ2v) is 7.20. The minimum Gasteiger partial charge on any atom is -0.492 e. The number of hydrogen-bond donors (Lipinski definition) is 1. The molecule has 1 N–H and O–H groups in total. The lowest BCUT2D eigenvalue weighted by Gasteiger charge is -2.13. The molecule has 1 amide bonds. The van der Waals surface area contributed by atoms with E-state index in [1.165, 1.54) is 11.8 Å². The summed E-state index contributed by atoms with van der Waals surface area (Å²) < 4.78 is 7.24. The largest absolute Gasteiger partial charge is 0.492 e. The summed E-state index contributed by atoms with van der Waals surface area (Å²) in [5.74, 6) is 0.572. The monoisotopic (exact) mass is 383 g/mol. The van der Waals surface area contributed by atoms with Crippen molar-refractivity contribution in [2.45, 2.75) is 31.2 Å². The summed E-state index contributed by atoms with van der Waals surface area (Å²) in [6.45, 7) is 6.28. The molecular formula is C19H21N5O2S. The van der Waals surface area contributed by atoms with Gasteiger partial charge in [-0.2, -0.15) is 4.68 Å². The first-order valence-corrected chi connectivity index (χ1v) is 9.51. The van der Waals surface area contributed by atoms with Crippen LogP contribution in [0.5, 0.6) is 5.75 Å². The molecule has 27 heavy (non-hydrogen) atoms. The van der Waals surface area contributed by atoms with Gasteiger partial charge in [-0.15, -0.1) is 5.10 Å². The topological polar surface area (TPSA) is 81.9 Å². The van der Waals surface area contributed by atoms with Gasteiger partial charge < -0.3 is 10.1 Å². The van der Waals surface area contributed by atoms with Gasteiger partial charge in [0.25, 0.3) is 0 Å². The van der Waals surface area contributed by atoms with Crippen LogP contribution in [0.3, 0.4) is 0 Å². The first kappa shape index (κ1) is 18.9. The van der Waals surface area contributed by atoms with Crippen molar-refractivity contribution in [3.8, 4) is 11.4 Å². The predicted octanol–water partition coefficient (Wildman–Crippen LogP) is 3.49. The highest BCUT2D eigenvalue weighted by molar-refractivity contribution is 8.00. The van der Waals surface area contributed by atoms with Crippen LogP contribution in [-0.4, -0.2) is 38.0 Å². The van der Waals surface area contributed by atoms with E-state index in [2.05, 4.69) is 20.8 Å². The molecule has 0 radical (unpaired) electrons. The minimum atomic E-state index is -0.379. The standard InChI is InChI=1S/C19H21N5O2S/c1-4-26-17-8-6-5-7-16(17)24-19(21-22-23-24)27-14(3)18(25)20-15-11-9-13(2)10-12-15/h5-12,14H,4H2,1-3H3,(H,20,25)/t14-/m0/s1. The molecule has 3 aromatic rings. The quantitative estimate of drug-likeness (QED) is 0.629. The molecule has 7 nitrogen and oxygen atoms in total. The average Bonchev–Trinajstić information content (AvgIpc) is 3.12. The van der Waals surface area contributed by atoms with E-state index in [4.69, 9.17) is 4.74 Å². The third kappa shape index (κ3) is 4.65. The van der Waals surface area contributed by atoms with Crippen molar-refractivity contribution in [2.75, 3.05) is 11.9 Å². The van der Waals surface area contributed by atoms with Gasteiger partial charge >= 0.3 is 0 Å². The Hall–Kier alpha value is -2.87. The number of rotatable bonds is 7. The van der Waals surface area contributed by atoms with Crippen molar-refractivity contribution in [2.24, 2.45) is 0 Å². The second-order valence-electron chi connectivity index (χ2n) is 5.89. The van der Waals surface area contributed by atoms with Crippen LogP contribution in [0.15, 0.2) is 53.7 Å². The van der Waals surface area contributed by atoms with Gasteiger partial charge in [0.2, 0.25) is 11.1 Å². The van der Waals surface area contributed by atoms with Crippen molar-refractivity contribution in [1.29, 1.82) is 0 Å². The van der Waals surface area contributed by atoms with Crippen LogP contribution in [0.25, 0.3) is 5.69 Å². The second kappa shape index (κ2) is 8.68. The van der Waals surface area contributed by atoms with E-state index >= 15 is 0 Å². The number of nitrogens with one attached hydrogen (secondary N) is 1. The maximum atomic E-state index is 12.5. The number of aromatic nitrogens is 4. The molecule has 0 fully saturated rings. The van der Waals surface area contributed by atoms with Crippen molar-refractivity contribution in [3.05, 3.63) is 54.1 Å². The predicted molar refractivity (Wildman–Crippen MR) is 105 cm³/mol. The molecule has 0 aliphatic rings. The number of anilines is 1. The van der Waals surface area contributed by atoms with Crippen LogP contribution < -0.4 is 10.1 Å². The first-order chi connectivity index (χ1) is 13.1. The number of aryl methyl sites for hydroxylation is 1. The maximum absolute atomic E-state index is 12.5. The third-order valence-electron chi connectivity index (χ3n) is 3.80. The van der Waals surface area contributed by atoms with Gasteiger partial charge in [-0.1, -0.05) is 41.6 Å². The van der Waals surface area contributed by atoms with Crippen LogP contribution in [0.4, 0.5) is 5.69 Å². The molecule has 0 unspecified atom stereocenters. The smallest absolute Gasteiger partial charge is 0.237 e. The van der Waals surface area contributed by atoms with E-state index in [0.29, 0.717) is 17.5 Å². The molecule has 0 spiro atoms. The highest BCUT2D eigenvalue weighted by Crippen LogP contribution is 2.28. The SMILES string of the molecule is CCOc1ccccc1-n1nnnc1S[C@@H](C)C(=O)Nc1ccc(C)cc1. The van der Waals surface area contributed by atoms with Crippen molar-refractivity contribution >= 4 is 23.4 Å². The number of nitrogens with zero attached hydrogens (tertiary/aromatic N) is 4. The Morgan fingerprint density at radius 2 is 1.96 bits per heavy atom. The van der Waals surface area contributed by atoms with Crippen LogP contribution in [-0.2, 0) is 4.79 Å². The third-order valence-corrected chi connectivity index (χ3v) is 4.84. The number of tetrazole rings is 1. The lowest BCUT2D eigenvalue weighted by molar-refractivity contribution is -0.115. The summed E-state index contributed by atoms with van der Waals surface area (Å²) in [5.41, 5.74) is 2.64. The molecule has 8 heteroatoms. The summed E-state index contributed by atoms with van der Waals surface area (Å²) in [5, 5.41) is 14.9. The Morgan fingerprint density at radius 1 is 1.22 bits per heavy atom. The average molecular weight is 383 g/mol. The Kier molecular flexibility index (Phi) is 6.08. The van der Waals surface area contributed by atoms with Crippen LogP contribution in [0.2, 0.25) is 0 Å². The number of thioether (sulfide) groups is 1. The molecule has 0 bridgehead atoms. The van der Waals surface area contributed by atoms with Crippen molar-refractivity contribution in [3.63, 3.8) is 0 Å². The van der Waals surface area contributed by atoms with Crippen LogP contribution in [0.1, 0.15) is 19.4 Å². The van der Waals surface area contributed by atoms with Gasteiger partial charge in [0, 0.05) is 5.69 Å². The number of carbonyl (C=O) groups is 1. The van der Waals surface area contributed by atoms with Crippen LogP contribution in [0, 0.1) is 6.92 Å². The lowest BCUT2D eigenvalue weighted by atomic mass is 10.2. The highest BCUT2D eigenvalue weighted by Gasteiger charge is 2.20. The van der Waals surface area contributed by atoms with Gasteiger partial charge in [-0.3, -0.25) is 4.79 Å². The summed E-state index contributed by atoms with van der Waals surface area (Å²) in [4.78, 5) is 12.5. The summed E-state index contributed by atoms with van der Waals surface area (Å²) in [6.07, 6.45) is 0. The van der Waals surface area contributed by atoms with E-state index < -0.39 is 0 Å². The number of ether oxygens (including phenoxy) is 1. The Labute approximate surface area is 162 Å². The molecule has 1 heterocycles. The van der Waals surface area contributed by atoms with E-state index in [0.717, 1.165) is 16.9 Å². The zero-order valence-corrected chi connectivity index (χ0v) is 16.2. The van der Waals surface area contributed by atoms with Gasteiger partial charge in [0.05, 0.1) is 11.9 Å². The van der Waals surface area contributed by atoms with E-state index in [9.17, 15) is 4.79 Å². The molecule has 0 saturated carbocycles. The maximum Gasteiger partial charge on any atom is 0.237 e. The molecule has 1 atom stereocenters. The van der Waals surface area contributed by atoms with Gasteiger partial charge in [-0.05, 0) is 55.5 Å². The van der Waals surface area contributed by atoms with Gasteiger partial charge in [-0.25, -0.2) is 0 Å². The molecule has 1 aromatic heterocycles.